The number of nitrogens with one attached hydrogen (secondary N) is 3. The van der Waals surface area contributed by atoms with Crippen LogP contribution in [0.1, 0.15) is 32.1 Å². The van der Waals surface area contributed by atoms with E-state index >= 15 is 0 Å². The second-order valence-corrected chi connectivity index (χ2v) is 10.6. The number of imidazole rings is 1. The summed E-state index contributed by atoms with van der Waals surface area (Å²) in [6.07, 6.45) is 14.2. The molecule has 1 fully saturated rings. The molecule has 6 aromatic heterocycles. The Labute approximate surface area is 221 Å². The molecule has 188 valence electrons. The van der Waals surface area contributed by atoms with Crippen molar-refractivity contribution in [1.29, 1.82) is 0 Å². The minimum Gasteiger partial charge on any atom is -0.335 e. The van der Waals surface area contributed by atoms with Crippen LogP contribution in [0.2, 0.25) is 0 Å². The van der Waals surface area contributed by atoms with E-state index in [1.165, 1.54) is 6.42 Å². The van der Waals surface area contributed by atoms with Gasteiger partial charge >= 0.3 is 0 Å². The number of anilines is 1. The average Bonchev–Trinajstić information content (AvgIpc) is 3.73. The summed E-state index contributed by atoms with van der Waals surface area (Å²) in [7, 11) is 0. The van der Waals surface area contributed by atoms with Gasteiger partial charge in [-0.25, -0.2) is 9.97 Å². The van der Waals surface area contributed by atoms with E-state index in [0.29, 0.717) is 17.2 Å². The predicted octanol–water partition coefficient (Wildman–Crippen LogP) is 6.21. The van der Waals surface area contributed by atoms with Gasteiger partial charge in [0.2, 0.25) is 5.91 Å². The fourth-order valence-electron chi connectivity index (χ4n) is 5.18. The molecule has 1 saturated carbocycles. The number of fused-ring (bicyclic) bond motifs is 2. The lowest BCUT2D eigenvalue weighted by Gasteiger charge is -2.20. The molecule has 38 heavy (non-hydrogen) atoms. The molecule has 0 atom stereocenters. The number of amides is 1. The monoisotopic (exact) mass is 520 g/mol. The van der Waals surface area contributed by atoms with Gasteiger partial charge in [-0.1, -0.05) is 25.3 Å². The minimum absolute atomic E-state index is 0.0793. The van der Waals surface area contributed by atoms with Crippen LogP contribution in [0.4, 0.5) is 5.69 Å². The lowest BCUT2D eigenvalue weighted by Crippen LogP contribution is -2.24. The summed E-state index contributed by atoms with van der Waals surface area (Å²) in [5.74, 6) is 0.827. The standard InChI is InChI=1S/C28H24N8OS/c37-28(16-5-2-1-3-6-16)32-19-9-17(11-29-13-19)18-10-20-25(35-36-26(20)31-12-18)27-33-22-15-30-14-21(24(22)34-27)23-7-4-8-38-23/h4,7-16H,1-3,5-6H2,(H,32,37)(H,33,34)(H,31,35,36). The minimum atomic E-state index is 0.0793. The molecule has 3 N–H and O–H groups in total. The Bertz CT molecular complexity index is 1760. The summed E-state index contributed by atoms with van der Waals surface area (Å²) in [6, 6.07) is 8.05. The zero-order valence-corrected chi connectivity index (χ0v) is 21.3. The smallest absolute Gasteiger partial charge is 0.227 e. The Morgan fingerprint density at radius 1 is 1.00 bits per heavy atom. The normalized spacial score (nSPS) is 14.3. The molecule has 0 radical (unpaired) electrons. The Morgan fingerprint density at radius 2 is 1.87 bits per heavy atom. The molecule has 6 heterocycles. The van der Waals surface area contributed by atoms with E-state index < -0.39 is 0 Å². The van der Waals surface area contributed by atoms with Gasteiger partial charge in [-0.3, -0.25) is 19.9 Å². The van der Waals surface area contributed by atoms with Crippen LogP contribution in [0.25, 0.3) is 55.2 Å². The van der Waals surface area contributed by atoms with Crippen molar-refractivity contribution in [1.82, 2.24) is 35.1 Å². The first kappa shape index (κ1) is 22.7. The fourth-order valence-corrected chi connectivity index (χ4v) is 5.91. The van der Waals surface area contributed by atoms with Crippen LogP contribution < -0.4 is 5.32 Å². The number of rotatable bonds is 5. The van der Waals surface area contributed by atoms with E-state index in [2.05, 4.69) is 41.5 Å². The number of aromatic amines is 2. The Balaban J connectivity index is 1.23. The first-order chi connectivity index (χ1) is 18.7. The average molecular weight is 521 g/mol. The zero-order valence-electron chi connectivity index (χ0n) is 20.4. The highest BCUT2D eigenvalue weighted by Crippen LogP contribution is 2.34. The molecule has 0 aliphatic heterocycles. The summed E-state index contributed by atoms with van der Waals surface area (Å²) < 4.78 is 0. The third-order valence-electron chi connectivity index (χ3n) is 7.14. The Kier molecular flexibility index (Phi) is 5.66. The maximum absolute atomic E-state index is 12.8. The first-order valence-electron chi connectivity index (χ1n) is 12.7. The van der Waals surface area contributed by atoms with E-state index in [4.69, 9.17) is 4.98 Å². The Hall–Kier alpha value is -4.44. The molecule has 7 rings (SSSR count). The molecule has 10 heteroatoms. The van der Waals surface area contributed by atoms with Crippen molar-refractivity contribution >= 4 is 45.0 Å². The number of aromatic nitrogens is 7. The highest BCUT2D eigenvalue weighted by Gasteiger charge is 2.21. The first-order valence-corrected chi connectivity index (χ1v) is 13.6. The molecule has 0 spiro atoms. The summed E-state index contributed by atoms with van der Waals surface area (Å²) in [6.45, 7) is 0. The van der Waals surface area contributed by atoms with E-state index in [0.717, 1.165) is 69.4 Å². The molecule has 0 saturated heterocycles. The third-order valence-corrected chi connectivity index (χ3v) is 8.05. The van der Waals surface area contributed by atoms with Crippen molar-refractivity contribution in [2.45, 2.75) is 32.1 Å². The fraction of sp³-hybridized carbons (Fsp3) is 0.214. The quantitative estimate of drug-likeness (QED) is 0.248. The molecule has 0 bridgehead atoms. The van der Waals surface area contributed by atoms with Gasteiger partial charge in [0.15, 0.2) is 11.5 Å². The second kappa shape index (κ2) is 9.46. The van der Waals surface area contributed by atoms with Gasteiger partial charge in [0, 0.05) is 46.1 Å². The maximum Gasteiger partial charge on any atom is 0.227 e. The van der Waals surface area contributed by atoms with Crippen LogP contribution in [-0.4, -0.2) is 41.0 Å². The van der Waals surface area contributed by atoms with Gasteiger partial charge in [0.05, 0.1) is 29.0 Å². The number of carbonyl (C=O) groups is 1. The number of hydrogen-bond acceptors (Lipinski definition) is 7. The van der Waals surface area contributed by atoms with Crippen LogP contribution in [0, 0.1) is 5.92 Å². The highest BCUT2D eigenvalue weighted by molar-refractivity contribution is 7.13. The van der Waals surface area contributed by atoms with Crippen molar-refractivity contribution in [3.63, 3.8) is 0 Å². The molecule has 1 aliphatic carbocycles. The molecule has 1 amide bonds. The summed E-state index contributed by atoms with van der Waals surface area (Å²) in [4.78, 5) is 35.5. The van der Waals surface area contributed by atoms with E-state index in [9.17, 15) is 4.79 Å². The van der Waals surface area contributed by atoms with Crippen LogP contribution in [-0.2, 0) is 4.79 Å². The molecule has 6 aromatic rings. The molecular weight excluding hydrogens is 496 g/mol. The maximum atomic E-state index is 12.8. The van der Waals surface area contributed by atoms with Crippen LogP contribution in [0.15, 0.2) is 60.6 Å². The highest BCUT2D eigenvalue weighted by atomic mass is 32.1. The number of hydrogen-bond donors (Lipinski definition) is 3. The van der Waals surface area contributed by atoms with Crippen LogP contribution in [0.3, 0.4) is 0 Å². The largest absolute Gasteiger partial charge is 0.335 e. The molecule has 1 aliphatic rings. The van der Waals surface area contributed by atoms with E-state index in [1.807, 2.05) is 29.8 Å². The van der Waals surface area contributed by atoms with Crippen molar-refractivity contribution in [2.75, 3.05) is 5.32 Å². The number of H-pyrrole nitrogens is 2. The number of nitrogens with zero attached hydrogens (tertiary/aromatic N) is 5. The zero-order chi connectivity index (χ0) is 25.5. The van der Waals surface area contributed by atoms with Gasteiger partial charge in [-0.2, -0.15) is 5.10 Å². The van der Waals surface area contributed by atoms with Crippen LogP contribution in [0.5, 0.6) is 0 Å². The van der Waals surface area contributed by atoms with Crippen LogP contribution >= 0.6 is 11.3 Å². The van der Waals surface area contributed by atoms with Crippen molar-refractivity contribution in [3.05, 3.63) is 60.6 Å². The van der Waals surface area contributed by atoms with E-state index in [1.54, 1.807) is 36.1 Å². The van der Waals surface area contributed by atoms with Crippen molar-refractivity contribution in [2.24, 2.45) is 5.92 Å². The number of pyridine rings is 3. The molecule has 0 unspecified atom stereocenters. The predicted molar refractivity (Wildman–Crippen MR) is 149 cm³/mol. The van der Waals surface area contributed by atoms with Gasteiger partial charge in [0.1, 0.15) is 11.2 Å². The second-order valence-electron chi connectivity index (χ2n) is 9.63. The molecule has 9 nitrogen and oxygen atoms in total. The SMILES string of the molecule is O=C(Nc1cncc(-c2cnc3n[nH]c(-c4nc5c(-c6cccs6)cncc5[nH]4)c3c2)c1)C1CCCCC1. The van der Waals surface area contributed by atoms with Crippen molar-refractivity contribution < 1.29 is 4.79 Å². The van der Waals surface area contributed by atoms with Gasteiger partial charge in [0.25, 0.3) is 0 Å². The molecule has 0 aromatic carbocycles. The van der Waals surface area contributed by atoms with Gasteiger partial charge in [-0.15, -0.1) is 11.3 Å². The summed E-state index contributed by atoms with van der Waals surface area (Å²) in [5, 5.41) is 13.4. The number of thiophene rings is 1. The topological polar surface area (TPSA) is 125 Å². The number of carbonyl (C=O) groups excluding carboxylic acids is 1. The summed E-state index contributed by atoms with van der Waals surface area (Å²) in [5.41, 5.74) is 6.46. The molecular formula is C28H24N8OS. The van der Waals surface area contributed by atoms with E-state index in [-0.39, 0.29) is 11.8 Å². The van der Waals surface area contributed by atoms with Gasteiger partial charge in [-0.05, 0) is 36.4 Å². The lowest BCUT2D eigenvalue weighted by atomic mass is 9.88. The Morgan fingerprint density at radius 3 is 2.74 bits per heavy atom. The lowest BCUT2D eigenvalue weighted by molar-refractivity contribution is -0.120. The van der Waals surface area contributed by atoms with Crippen molar-refractivity contribution in [3.8, 4) is 33.1 Å². The third kappa shape index (κ3) is 4.12. The summed E-state index contributed by atoms with van der Waals surface area (Å²) >= 11 is 1.66. The van der Waals surface area contributed by atoms with Gasteiger partial charge < -0.3 is 10.3 Å².